The zero-order valence-corrected chi connectivity index (χ0v) is 17.7. The molecule has 8 N–H and O–H groups in total. The van der Waals surface area contributed by atoms with E-state index in [1.54, 1.807) is 0 Å². The minimum atomic E-state index is -1.09. The molecule has 1 fully saturated rings. The number of carboxylic acids is 2. The molecule has 12 nitrogen and oxygen atoms in total. The molecule has 0 aromatic carbocycles. The Bertz CT molecular complexity index is 672. The summed E-state index contributed by atoms with van der Waals surface area (Å²) in [6, 6.07) is -3.99. The van der Waals surface area contributed by atoms with E-state index in [2.05, 4.69) is 10.6 Å². The van der Waals surface area contributed by atoms with Crippen molar-refractivity contribution in [1.82, 2.24) is 15.5 Å². The minimum absolute atomic E-state index is 0.0821. The van der Waals surface area contributed by atoms with Crippen LogP contribution in [0.15, 0.2) is 0 Å². The molecular formula is C19H33N5O7. The highest BCUT2D eigenvalue weighted by Crippen LogP contribution is 2.20. The number of carbonyl (C=O) groups is 5. The number of nitrogens with one attached hydrogen (secondary N) is 2. The van der Waals surface area contributed by atoms with Crippen LogP contribution < -0.4 is 22.1 Å². The number of rotatable bonds is 13. The molecule has 0 aromatic rings. The highest BCUT2D eigenvalue weighted by atomic mass is 16.4. The second kappa shape index (κ2) is 12.8. The van der Waals surface area contributed by atoms with Crippen molar-refractivity contribution in [3.8, 4) is 0 Å². The first kappa shape index (κ1) is 26.3. The van der Waals surface area contributed by atoms with Gasteiger partial charge in [-0.1, -0.05) is 0 Å². The summed E-state index contributed by atoms with van der Waals surface area (Å²) in [5, 5.41) is 23.0. The molecule has 176 valence electrons. The van der Waals surface area contributed by atoms with Crippen molar-refractivity contribution in [3.63, 3.8) is 0 Å². The van der Waals surface area contributed by atoms with E-state index in [1.165, 1.54) is 11.8 Å². The first-order chi connectivity index (χ1) is 14.6. The number of amides is 3. The average molecular weight is 444 g/mol. The zero-order valence-electron chi connectivity index (χ0n) is 17.7. The second-order valence-corrected chi connectivity index (χ2v) is 7.64. The number of unbranched alkanes of at least 4 members (excludes halogenated alkanes) is 1. The van der Waals surface area contributed by atoms with Crippen LogP contribution in [0.2, 0.25) is 0 Å². The SMILES string of the molecule is CC(NC(=O)C(N)CCC(=O)O)C(=O)NC(CCCCN)C(=O)N1CCCC1C(=O)O. The predicted octanol–water partition coefficient (Wildman–Crippen LogP) is -1.63. The third-order valence-corrected chi connectivity index (χ3v) is 5.14. The van der Waals surface area contributed by atoms with Crippen LogP contribution in [-0.2, 0) is 24.0 Å². The van der Waals surface area contributed by atoms with Crippen LogP contribution in [0, 0.1) is 0 Å². The molecule has 1 aliphatic heterocycles. The molecule has 1 rings (SSSR count). The number of aliphatic carboxylic acids is 2. The van der Waals surface area contributed by atoms with Gasteiger partial charge < -0.3 is 37.2 Å². The Hall–Kier alpha value is -2.73. The Labute approximate surface area is 180 Å². The molecule has 12 heteroatoms. The molecule has 0 radical (unpaired) electrons. The van der Waals surface area contributed by atoms with Gasteiger partial charge in [0.05, 0.1) is 6.04 Å². The summed E-state index contributed by atoms with van der Waals surface area (Å²) in [6.07, 6.45) is 2.02. The van der Waals surface area contributed by atoms with Crippen molar-refractivity contribution in [1.29, 1.82) is 0 Å². The van der Waals surface area contributed by atoms with E-state index in [1.807, 2.05) is 0 Å². The van der Waals surface area contributed by atoms with Gasteiger partial charge >= 0.3 is 11.9 Å². The molecule has 1 aliphatic rings. The van der Waals surface area contributed by atoms with E-state index < -0.39 is 53.8 Å². The van der Waals surface area contributed by atoms with Crippen LogP contribution in [0.5, 0.6) is 0 Å². The van der Waals surface area contributed by atoms with Gasteiger partial charge in [0.2, 0.25) is 17.7 Å². The van der Waals surface area contributed by atoms with Gasteiger partial charge in [-0.25, -0.2) is 4.79 Å². The summed E-state index contributed by atoms with van der Waals surface area (Å²) in [5.41, 5.74) is 11.1. The lowest BCUT2D eigenvalue weighted by molar-refractivity contribution is -0.149. The van der Waals surface area contributed by atoms with Gasteiger partial charge in [-0.05, 0) is 52.0 Å². The maximum atomic E-state index is 12.9. The van der Waals surface area contributed by atoms with Crippen LogP contribution in [0.1, 0.15) is 51.9 Å². The third kappa shape index (κ3) is 8.50. The first-order valence-corrected chi connectivity index (χ1v) is 10.4. The van der Waals surface area contributed by atoms with Gasteiger partial charge in [-0.15, -0.1) is 0 Å². The summed E-state index contributed by atoms with van der Waals surface area (Å²) in [6.45, 7) is 2.12. The highest BCUT2D eigenvalue weighted by molar-refractivity contribution is 5.94. The standard InChI is InChI=1S/C19H33N5O7/c1-11(22-17(28)12(21)7-8-15(25)26)16(27)23-13(5-2-3-9-20)18(29)24-10-4-6-14(24)19(30)31/h11-14H,2-10,20-21H2,1H3,(H,22,28)(H,23,27)(H,25,26)(H,30,31). The van der Waals surface area contributed by atoms with E-state index in [4.69, 9.17) is 16.6 Å². The van der Waals surface area contributed by atoms with Crippen molar-refractivity contribution >= 4 is 29.7 Å². The van der Waals surface area contributed by atoms with Crippen LogP contribution in [0.25, 0.3) is 0 Å². The predicted molar refractivity (Wildman–Crippen MR) is 110 cm³/mol. The fourth-order valence-electron chi connectivity index (χ4n) is 3.33. The zero-order chi connectivity index (χ0) is 23.6. The van der Waals surface area contributed by atoms with Gasteiger partial charge in [0.15, 0.2) is 0 Å². The fraction of sp³-hybridized carbons (Fsp3) is 0.737. The van der Waals surface area contributed by atoms with E-state index in [0.717, 1.165) is 0 Å². The average Bonchev–Trinajstić information content (AvgIpc) is 3.20. The van der Waals surface area contributed by atoms with E-state index in [-0.39, 0.29) is 19.3 Å². The Kier molecular flexibility index (Phi) is 10.9. The number of nitrogens with zero attached hydrogens (tertiary/aromatic N) is 1. The molecule has 4 unspecified atom stereocenters. The number of nitrogens with two attached hydrogens (primary N) is 2. The normalized spacial score (nSPS) is 18.7. The van der Waals surface area contributed by atoms with Crippen molar-refractivity contribution in [2.75, 3.05) is 13.1 Å². The molecule has 0 bridgehead atoms. The van der Waals surface area contributed by atoms with E-state index in [9.17, 15) is 29.1 Å². The van der Waals surface area contributed by atoms with Crippen molar-refractivity contribution in [2.24, 2.45) is 11.5 Å². The van der Waals surface area contributed by atoms with Crippen LogP contribution in [0.4, 0.5) is 0 Å². The van der Waals surface area contributed by atoms with Crippen molar-refractivity contribution in [2.45, 2.75) is 76.0 Å². The maximum absolute atomic E-state index is 12.9. The Morgan fingerprint density at radius 3 is 2.32 bits per heavy atom. The van der Waals surface area contributed by atoms with Crippen LogP contribution in [-0.4, -0.2) is 82.0 Å². The molecule has 0 spiro atoms. The highest BCUT2D eigenvalue weighted by Gasteiger charge is 2.37. The monoisotopic (exact) mass is 443 g/mol. The lowest BCUT2D eigenvalue weighted by Crippen LogP contribution is -2.56. The number of carboxylic acid groups (broad SMARTS) is 2. The minimum Gasteiger partial charge on any atom is -0.481 e. The molecule has 0 aliphatic carbocycles. The molecule has 3 amide bonds. The quantitative estimate of drug-likeness (QED) is 0.180. The summed E-state index contributed by atoms with van der Waals surface area (Å²) in [5.74, 6) is -3.97. The smallest absolute Gasteiger partial charge is 0.326 e. The number of carbonyl (C=O) groups excluding carboxylic acids is 3. The van der Waals surface area contributed by atoms with E-state index >= 15 is 0 Å². The van der Waals surface area contributed by atoms with Gasteiger partial charge in [-0.3, -0.25) is 19.2 Å². The summed E-state index contributed by atoms with van der Waals surface area (Å²) >= 11 is 0. The lowest BCUT2D eigenvalue weighted by atomic mass is 10.1. The molecule has 4 atom stereocenters. The molecule has 1 saturated heterocycles. The summed E-state index contributed by atoms with van der Waals surface area (Å²) < 4.78 is 0. The Balaban J connectivity index is 2.75. The van der Waals surface area contributed by atoms with Crippen LogP contribution in [0.3, 0.4) is 0 Å². The van der Waals surface area contributed by atoms with Gasteiger partial charge in [-0.2, -0.15) is 0 Å². The topological polar surface area (TPSA) is 205 Å². The first-order valence-electron chi connectivity index (χ1n) is 10.4. The van der Waals surface area contributed by atoms with Crippen molar-refractivity contribution in [3.05, 3.63) is 0 Å². The number of likely N-dealkylation sites (tertiary alicyclic amines) is 1. The molecule has 31 heavy (non-hydrogen) atoms. The Morgan fingerprint density at radius 1 is 1.06 bits per heavy atom. The summed E-state index contributed by atoms with van der Waals surface area (Å²) in [7, 11) is 0. The molecule has 0 aromatic heterocycles. The molecule has 0 saturated carbocycles. The largest absolute Gasteiger partial charge is 0.481 e. The van der Waals surface area contributed by atoms with E-state index in [0.29, 0.717) is 38.8 Å². The van der Waals surface area contributed by atoms with Gasteiger partial charge in [0, 0.05) is 13.0 Å². The Morgan fingerprint density at radius 2 is 1.74 bits per heavy atom. The second-order valence-electron chi connectivity index (χ2n) is 7.64. The van der Waals surface area contributed by atoms with Gasteiger partial charge in [0.1, 0.15) is 18.1 Å². The number of hydrogen-bond donors (Lipinski definition) is 6. The maximum Gasteiger partial charge on any atom is 0.326 e. The molecular weight excluding hydrogens is 410 g/mol. The third-order valence-electron chi connectivity index (χ3n) is 5.14. The lowest BCUT2D eigenvalue weighted by Gasteiger charge is -2.28. The molecule has 1 heterocycles. The number of hydrogen-bond acceptors (Lipinski definition) is 7. The fourth-order valence-corrected chi connectivity index (χ4v) is 3.33. The van der Waals surface area contributed by atoms with Crippen molar-refractivity contribution < 1.29 is 34.2 Å². The van der Waals surface area contributed by atoms with Gasteiger partial charge in [0.25, 0.3) is 0 Å². The summed E-state index contributed by atoms with van der Waals surface area (Å²) in [4.78, 5) is 60.9. The van der Waals surface area contributed by atoms with Crippen LogP contribution >= 0.6 is 0 Å².